The number of ether oxygens (including phenoxy) is 1. The standard InChI is InChI=1S/C85H89N3O2S2/c1-7-11-15-19-23-61-27-41-69(42-28-61)87(70-43-29-62(30-44-70)24-20-16-12-8-2)73-49-35-65(36-50-73)79-55-57-81(91-79)67-39-53-75-76-54-40-68(60-78(76)83(77(75)59-67)84(86-5)85(89)90-6)82-58-56-80(92-82)66-37-51-74(52-38-66)88(71-45-31-63(32-46-71)25-21-17-13-9-3)72-47-33-64(34-48-72)26-22-18-14-10-4/h27-60H,7-26H2,1-4,6H3. The average molecular weight is 1250 g/mol. The molecule has 8 aromatic carbocycles. The van der Waals surface area contributed by atoms with Gasteiger partial charge in [0.05, 0.1) is 13.7 Å². The smallest absolute Gasteiger partial charge is 0.336 e. The molecule has 7 heteroatoms. The molecule has 1 aliphatic rings. The molecule has 1 aliphatic carbocycles. The molecule has 0 radical (unpaired) electrons. The number of carbonyl (C=O) groups is 1. The molecule has 10 aromatic rings. The highest BCUT2D eigenvalue weighted by Crippen LogP contribution is 2.50. The first-order chi connectivity index (χ1) is 45.3. The highest BCUT2D eigenvalue weighted by molar-refractivity contribution is 7.19. The van der Waals surface area contributed by atoms with Gasteiger partial charge in [-0.2, -0.15) is 0 Å². The van der Waals surface area contributed by atoms with Crippen LogP contribution < -0.4 is 9.80 Å². The SMILES string of the molecule is [C-]#[N+]C(C(=O)OC)=C1c2cc(-c3ccc(-c4ccc(N(c5ccc(CCCCCC)cc5)c5ccc(CCCCCC)cc5)cc4)s3)ccc2-c2ccc(-c3ccc(-c4ccc(N(c5ccc(CCCCCC)cc5)c5ccc(CCCCCC)cc5)cc4)s3)cc21. The number of unbranched alkanes of at least 4 members (excludes halogenated alkanes) is 12. The van der Waals surface area contributed by atoms with E-state index < -0.39 is 5.97 Å². The largest absolute Gasteiger partial charge is 0.474 e. The van der Waals surface area contributed by atoms with Crippen LogP contribution in [0.2, 0.25) is 0 Å². The van der Waals surface area contributed by atoms with Gasteiger partial charge in [-0.25, -0.2) is 4.85 Å². The van der Waals surface area contributed by atoms with Gasteiger partial charge in [-0.1, -0.05) is 202 Å². The summed E-state index contributed by atoms with van der Waals surface area (Å²) in [7, 11) is 1.35. The number of fused-ring (bicyclic) bond motifs is 3. The van der Waals surface area contributed by atoms with Crippen LogP contribution in [0.3, 0.4) is 0 Å². The van der Waals surface area contributed by atoms with Crippen LogP contribution in [-0.2, 0) is 35.2 Å². The number of nitrogens with zero attached hydrogens (tertiary/aromatic N) is 3. The molecular formula is C85H89N3O2S2. The summed E-state index contributed by atoms with van der Waals surface area (Å²) in [5.74, 6) is -0.639. The van der Waals surface area contributed by atoms with Crippen molar-refractivity contribution in [2.45, 2.75) is 156 Å². The molecule has 0 saturated heterocycles. The van der Waals surface area contributed by atoms with E-state index in [1.165, 1.54) is 132 Å². The van der Waals surface area contributed by atoms with E-state index in [1.807, 2.05) is 0 Å². The second-order valence-corrected chi connectivity index (χ2v) is 27.0. The molecule has 0 atom stereocenters. The number of anilines is 6. The van der Waals surface area contributed by atoms with Crippen molar-refractivity contribution in [3.8, 4) is 52.9 Å². The molecule has 92 heavy (non-hydrogen) atoms. The molecule has 0 amide bonds. The molecule has 5 nitrogen and oxygen atoms in total. The normalized spacial score (nSPS) is 11.5. The van der Waals surface area contributed by atoms with E-state index in [9.17, 15) is 4.79 Å². The lowest BCUT2D eigenvalue weighted by molar-refractivity contribution is -0.135. The van der Waals surface area contributed by atoms with Gasteiger partial charge in [0.25, 0.3) is 5.70 Å². The fourth-order valence-corrected chi connectivity index (χ4v) is 15.0. The van der Waals surface area contributed by atoms with Gasteiger partial charge >= 0.3 is 5.97 Å². The fraction of sp³-hybridized carbons (Fsp3) is 0.294. The maximum Gasteiger partial charge on any atom is 0.336 e. The summed E-state index contributed by atoms with van der Waals surface area (Å²) in [4.78, 5) is 26.8. The topological polar surface area (TPSA) is 37.1 Å². The molecule has 0 bridgehead atoms. The summed E-state index contributed by atoms with van der Waals surface area (Å²) >= 11 is 3.50. The van der Waals surface area contributed by atoms with E-state index in [4.69, 9.17) is 11.3 Å². The second kappa shape index (κ2) is 32.1. The Hall–Kier alpha value is -8.54. The number of esters is 1. The predicted octanol–water partition coefficient (Wildman–Crippen LogP) is 25.7. The maximum absolute atomic E-state index is 13.6. The lowest BCUT2D eigenvalue weighted by Gasteiger charge is -2.26. The first-order valence-electron chi connectivity index (χ1n) is 34.1. The minimum Gasteiger partial charge on any atom is -0.474 e. The number of aryl methyl sites for hydroxylation is 4. The molecule has 0 spiro atoms. The molecule has 2 heterocycles. The van der Waals surface area contributed by atoms with Gasteiger partial charge < -0.3 is 14.5 Å². The molecule has 2 aromatic heterocycles. The van der Waals surface area contributed by atoms with Gasteiger partial charge in [-0.3, -0.25) is 4.79 Å². The Bertz CT molecular complexity index is 3730. The molecule has 0 N–H and O–H groups in total. The summed E-state index contributed by atoms with van der Waals surface area (Å²) in [6, 6.07) is 76.5. The first-order valence-corrected chi connectivity index (χ1v) is 35.8. The summed E-state index contributed by atoms with van der Waals surface area (Å²) in [5, 5.41) is 0. The van der Waals surface area contributed by atoms with Gasteiger partial charge in [0.1, 0.15) is 0 Å². The van der Waals surface area contributed by atoms with Crippen LogP contribution >= 0.6 is 22.7 Å². The summed E-state index contributed by atoms with van der Waals surface area (Å²) in [5.41, 5.74) is 21.0. The van der Waals surface area contributed by atoms with Crippen LogP contribution in [0.1, 0.15) is 164 Å². The van der Waals surface area contributed by atoms with Gasteiger partial charge in [0.15, 0.2) is 0 Å². The van der Waals surface area contributed by atoms with E-state index >= 15 is 0 Å². The van der Waals surface area contributed by atoms with E-state index in [2.05, 4.69) is 249 Å². The van der Waals surface area contributed by atoms with Gasteiger partial charge in [-0.15, -0.1) is 22.7 Å². The van der Waals surface area contributed by atoms with Gasteiger partial charge in [-0.05, 0) is 227 Å². The summed E-state index contributed by atoms with van der Waals surface area (Å²) in [6.07, 6.45) is 24.6. The predicted molar refractivity (Wildman–Crippen MR) is 395 cm³/mol. The van der Waals surface area contributed by atoms with Crippen molar-refractivity contribution >= 4 is 68.3 Å². The molecule has 0 aliphatic heterocycles. The Morgan fingerprint density at radius 2 is 0.620 bits per heavy atom. The lowest BCUT2D eigenvalue weighted by atomic mass is 9.98. The average Bonchev–Trinajstić information content (AvgIpc) is 1.58. The van der Waals surface area contributed by atoms with Crippen molar-refractivity contribution in [1.29, 1.82) is 0 Å². The summed E-state index contributed by atoms with van der Waals surface area (Å²) in [6.45, 7) is 17.5. The van der Waals surface area contributed by atoms with Crippen molar-refractivity contribution < 1.29 is 9.53 Å². The molecule has 0 fully saturated rings. The van der Waals surface area contributed by atoms with Crippen molar-refractivity contribution in [3.05, 3.63) is 257 Å². The van der Waals surface area contributed by atoms with Crippen LogP contribution in [0.15, 0.2) is 212 Å². The van der Waals surface area contributed by atoms with Crippen LogP contribution in [0.4, 0.5) is 34.1 Å². The Morgan fingerprint density at radius 1 is 0.348 bits per heavy atom. The Kier molecular flexibility index (Phi) is 22.7. The second-order valence-electron chi connectivity index (χ2n) is 24.8. The molecule has 0 unspecified atom stereocenters. The van der Waals surface area contributed by atoms with Crippen LogP contribution in [0.25, 0.3) is 63.3 Å². The minimum absolute atomic E-state index is 0.0165. The van der Waals surface area contributed by atoms with E-state index in [0.29, 0.717) is 5.57 Å². The molecule has 11 rings (SSSR count). The van der Waals surface area contributed by atoms with E-state index in [0.717, 1.165) is 124 Å². The zero-order chi connectivity index (χ0) is 63.6. The highest BCUT2D eigenvalue weighted by atomic mass is 32.1. The number of rotatable bonds is 31. The van der Waals surface area contributed by atoms with Crippen LogP contribution in [0.5, 0.6) is 0 Å². The van der Waals surface area contributed by atoms with Crippen molar-refractivity contribution in [2.24, 2.45) is 0 Å². The number of benzene rings is 8. The molecular weight excluding hydrogens is 1160 g/mol. The lowest BCUT2D eigenvalue weighted by Crippen LogP contribution is -2.10. The third-order valence-corrected chi connectivity index (χ3v) is 20.6. The number of thiophene rings is 2. The Labute approximate surface area is 557 Å². The maximum atomic E-state index is 13.6. The molecule has 0 saturated carbocycles. The van der Waals surface area contributed by atoms with Gasteiger partial charge in [0, 0.05) is 59.2 Å². The van der Waals surface area contributed by atoms with Crippen molar-refractivity contribution in [2.75, 3.05) is 16.9 Å². The number of hydrogen-bond donors (Lipinski definition) is 0. The number of hydrogen-bond acceptors (Lipinski definition) is 6. The molecule has 468 valence electrons. The van der Waals surface area contributed by atoms with Crippen LogP contribution in [-0.4, -0.2) is 13.1 Å². The quantitative estimate of drug-likeness (QED) is 0.0188. The van der Waals surface area contributed by atoms with Gasteiger partial charge in [0.2, 0.25) is 0 Å². The number of carbonyl (C=O) groups excluding carboxylic acids is 1. The van der Waals surface area contributed by atoms with Crippen LogP contribution in [0, 0.1) is 6.57 Å². The fourth-order valence-electron chi connectivity index (χ4n) is 13.0. The van der Waals surface area contributed by atoms with E-state index in [-0.39, 0.29) is 5.70 Å². The Morgan fingerprint density at radius 3 is 0.891 bits per heavy atom. The number of methoxy groups -OCH3 is 1. The third-order valence-electron chi connectivity index (χ3n) is 18.3. The Balaban J connectivity index is 0.832. The first kappa shape index (κ1) is 65.0. The van der Waals surface area contributed by atoms with Crippen molar-refractivity contribution in [3.63, 3.8) is 0 Å². The highest BCUT2D eigenvalue weighted by Gasteiger charge is 2.31. The minimum atomic E-state index is -0.639. The van der Waals surface area contributed by atoms with E-state index in [1.54, 1.807) is 22.7 Å². The third kappa shape index (κ3) is 15.7. The monoisotopic (exact) mass is 1250 g/mol. The summed E-state index contributed by atoms with van der Waals surface area (Å²) < 4.78 is 5.31. The zero-order valence-corrected chi connectivity index (χ0v) is 56.4. The van der Waals surface area contributed by atoms with Crippen molar-refractivity contribution in [1.82, 2.24) is 0 Å². The zero-order valence-electron chi connectivity index (χ0n) is 54.7.